The van der Waals surface area contributed by atoms with Crippen LogP contribution in [0.5, 0.6) is 0 Å². The van der Waals surface area contributed by atoms with Crippen LogP contribution in [0.1, 0.15) is 59.9 Å². The number of benzene rings is 7. The minimum Gasteiger partial charge on any atom is -0.330 e. The van der Waals surface area contributed by atoms with Crippen LogP contribution in [0.2, 0.25) is 0 Å². The highest BCUT2D eigenvalue weighted by Crippen LogP contribution is 2.34. The van der Waals surface area contributed by atoms with E-state index in [-0.39, 0.29) is 49.6 Å². The Morgan fingerprint density at radius 1 is 0.524 bits per heavy atom. The Morgan fingerprint density at radius 3 is 1.77 bits per heavy atom. The lowest BCUT2D eigenvalue weighted by Crippen LogP contribution is -2.24. The summed E-state index contributed by atoms with van der Waals surface area (Å²) in [4.78, 5) is 32.8. The molecular formula is C64H53F3N10O4S. The molecule has 11 aromatic rings. The van der Waals surface area contributed by atoms with E-state index in [4.69, 9.17) is 0 Å². The van der Waals surface area contributed by atoms with Gasteiger partial charge in [0.15, 0.2) is 0 Å². The van der Waals surface area contributed by atoms with E-state index < -0.39 is 15.8 Å². The van der Waals surface area contributed by atoms with Crippen LogP contribution in [0.3, 0.4) is 0 Å². The summed E-state index contributed by atoms with van der Waals surface area (Å²) in [6.07, 6.45) is 7.27. The van der Waals surface area contributed by atoms with Crippen LogP contribution >= 0.6 is 0 Å². The Kier molecular flexibility index (Phi) is 13.9. The smallest absolute Gasteiger partial charge is 0.256 e. The molecule has 18 heteroatoms. The molecule has 7 aromatic carbocycles. The van der Waals surface area contributed by atoms with Crippen molar-refractivity contribution in [2.75, 3.05) is 0 Å². The molecule has 0 aliphatic carbocycles. The van der Waals surface area contributed by atoms with Crippen molar-refractivity contribution in [2.45, 2.75) is 51.1 Å². The monoisotopic (exact) mass is 1110 g/mol. The number of carbonyl (C=O) groups is 2. The fourth-order valence-electron chi connectivity index (χ4n) is 10.9. The summed E-state index contributed by atoms with van der Waals surface area (Å²) in [6.45, 7) is 3.60. The van der Waals surface area contributed by atoms with Crippen LogP contribution in [-0.4, -0.2) is 68.7 Å². The van der Waals surface area contributed by atoms with E-state index in [1.165, 1.54) is 22.5 Å². The molecule has 410 valence electrons. The molecule has 0 unspecified atom stereocenters. The first-order valence-electron chi connectivity index (χ1n) is 26.4. The maximum Gasteiger partial charge on any atom is 0.256 e. The van der Waals surface area contributed by atoms with Crippen LogP contribution in [0.4, 0.5) is 13.2 Å². The van der Waals surface area contributed by atoms with Crippen LogP contribution in [-0.2, 0) is 70.4 Å². The quantitative estimate of drug-likeness (QED) is 0.139. The lowest BCUT2D eigenvalue weighted by atomic mass is 10.0. The van der Waals surface area contributed by atoms with Gasteiger partial charge in [0.2, 0.25) is 10.0 Å². The summed E-state index contributed by atoms with van der Waals surface area (Å²) in [5.41, 5.74) is 13.0. The Balaban J connectivity index is 0.000000122. The van der Waals surface area contributed by atoms with Crippen LogP contribution in [0.15, 0.2) is 181 Å². The Hall–Kier alpha value is -9.52. The summed E-state index contributed by atoms with van der Waals surface area (Å²) in [6, 6.07) is 45.0. The fraction of sp³-hybridized carbons (Fsp3) is 0.156. The number of aryl methyl sites for hydroxylation is 4. The molecule has 2 amide bonds. The van der Waals surface area contributed by atoms with Gasteiger partial charge in [-0.05, 0) is 107 Å². The standard InChI is InChI=1S/C22H17FN4O.C22H18FN3O2S.C20H18FN3O/c1-26-21-10-15(4-6-16(21)11-25-26)14-5-7-17(19(23)9-14)12-27-13-20-18(22(27)28)3-2-8-24-20;1-25-12-19-10-15(8-9-21(19)24-25)16-6-7-17(20(23)11-16)13-26-14-18-4-2-3-5-22(18)29(26,27)28;1-13-18(12-23(2)22-13)14-7-8-16(19(21)9-14)11-24-10-15-5-3-4-6-17(15)20(24)25/h2-11H,12-13H2,1H3;2-12H,13-14H2,1H3;3-9,12H,10-11H2,1-2H3. The van der Waals surface area contributed by atoms with Crippen molar-refractivity contribution in [3.05, 3.63) is 244 Å². The molecule has 14 rings (SSSR count). The number of fused-ring (bicyclic) bond motifs is 5. The van der Waals surface area contributed by atoms with E-state index in [1.54, 1.807) is 78.6 Å². The van der Waals surface area contributed by atoms with Gasteiger partial charge in [0, 0.05) is 111 Å². The van der Waals surface area contributed by atoms with Crippen LogP contribution < -0.4 is 0 Å². The van der Waals surface area contributed by atoms with Gasteiger partial charge in [0.05, 0.1) is 45.6 Å². The topological polar surface area (TPSA) is 144 Å². The highest BCUT2D eigenvalue weighted by atomic mass is 32.2. The minimum absolute atomic E-state index is 0.00473. The van der Waals surface area contributed by atoms with Crippen LogP contribution in [0, 0.1) is 24.4 Å². The molecule has 0 N–H and O–H groups in total. The van der Waals surface area contributed by atoms with Gasteiger partial charge < -0.3 is 9.80 Å². The number of rotatable bonds is 9. The number of pyridine rings is 1. The second-order valence-corrected chi connectivity index (χ2v) is 22.6. The van der Waals surface area contributed by atoms with Crippen molar-refractivity contribution in [3.63, 3.8) is 0 Å². The predicted octanol–water partition coefficient (Wildman–Crippen LogP) is 11.7. The van der Waals surface area contributed by atoms with Gasteiger partial charge in [0.1, 0.15) is 17.5 Å². The SMILES string of the molecule is Cc1nn(C)cc1-c1ccc(CN2Cc3ccccc3C2=O)c(F)c1.Cn1cc2cc(-c3ccc(CN4Cc5ccccc5S4(=O)=O)c(F)c3)ccc2n1.Cn1ncc2ccc(-c3ccc(CN4Cc5ncccc5C4=O)c(F)c3)cc21. The number of sulfonamides is 1. The maximum atomic E-state index is 14.8. The van der Waals surface area contributed by atoms with Crippen molar-refractivity contribution in [2.24, 2.45) is 21.1 Å². The third-order valence-corrected chi connectivity index (χ3v) is 17.1. The first-order valence-corrected chi connectivity index (χ1v) is 27.9. The van der Waals surface area contributed by atoms with E-state index in [0.29, 0.717) is 45.8 Å². The lowest BCUT2D eigenvalue weighted by Gasteiger charge is -2.16. The van der Waals surface area contributed by atoms with Crippen molar-refractivity contribution in [1.82, 2.24) is 48.4 Å². The molecule has 0 saturated heterocycles. The Labute approximate surface area is 471 Å². The van der Waals surface area contributed by atoms with Crippen molar-refractivity contribution >= 4 is 43.6 Å². The first kappa shape index (κ1) is 53.1. The minimum atomic E-state index is -3.59. The number of hydrogen-bond acceptors (Lipinski definition) is 8. The molecule has 0 radical (unpaired) electrons. The number of nitrogens with zero attached hydrogens (tertiary/aromatic N) is 10. The Morgan fingerprint density at radius 2 is 1.10 bits per heavy atom. The predicted molar refractivity (Wildman–Crippen MR) is 306 cm³/mol. The zero-order valence-corrected chi connectivity index (χ0v) is 45.9. The van der Waals surface area contributed by atoms with Crippen molar-refractivity contribution in [1.29, 1.82) is 0 Å². The molecule has 3 aliphatic heterocycles. The summed E-state index contributed by atoms with van der Waals surface area (Å²) in [7, 11) is 2.00. The number of hydrogen-bond donors (Lipinski definition) is 0. The number of aromatic nitrogens is 7. The summed E-state index contributed by atoms with van der Waals surface area (Å²) < 4.78 is 76.3. The molecule has 0 fully saturated rings. The Bertz CT molecular complexity index is 4460. The normalized spacial score (nSPS) is 14.2. The molecule has 0 spiro atoms. The van der Waals surface area contributed by atoms with E-state index in [1.807, 2.05) is 132 Å². The third-order valence-electron chi connectivity index (χ3n) is 15.2. The summed E-state index contributed by atoms with van der Waals surface area (Å²) >= 11 is 0. The largest absolute Gasteiger partial charge is 0.330 e. The average Bonchev–Trinajstić information content (AvgIpc) is 4.48. The molecule has 0 bridgehead atoms. The maximum absolute atomic E-state index is 14.8. The fourth-order valence-corrected chi connectivity index (χ4v) is 12.5. The molecule has 0 atom stereocenters. The van der Waals surface area contributed by atoms with Gasteiger partial charge in [-0.1, -0.05) is 91.0 Å². The van der Waals surface area contributed by atoms with Gasteiger partial charge in [-0.3, -0.25) is 28.6 Å². The third kappa shape index (κ3) is 10.3. The highest BCUT2D eigenvalue weighted by molar-refractivity contribution is 7.89. The van der Waals surface area contributed by atoms with Gasteiger partial charge in [-0.2, -0.15) is 19.6 Å². The van der Waals surface area contributed by atoms with Gasteiger partial charge >= 0.3 is 0 Å². The first-order chi connectivity index (χ1) is 39.5. The van der Waals surface area contributed by atoms with Gasteiger partial charge in [-0.15, -0.1) is 0 Å². The molecule has 82 heavy (non-hydrogen) atoms. The van der Waals surface area contributed by atoms with Crippen molar-refractivity contribution < 1.29 is 31.2 Å². The number of carbonyl (C=O) groups excluding carboxylic acids is 2. The highest BCUT2D eigenvalue weighted by Gasteiger charge is 2.35. The zero-order valence-electron chi connectivity index (χ0n) is 45.1. The average molecular weight is 1120 g/mol. The van der Waals surface area contributed by atoms with Gasteiger partial charge in [-0.25, -0.2) is 21.6 Å². The number of amides is 2. The van der Waals surface area contributed by atoms with E-state index in [2.05, 4.69) is 20.3 Å². The lowest BCUT2D eigenvalue weighted by molar-refractivity contribution is 0.0758. The van der Waals surface area contributed by atoms with Gasteiger partial charge in [0.25, 0.3) is 11.8 Å². The van der Waals surface area contributed by atoms with E-state index >= 15 is 0 Å². The molecular weight excluding hydrogens is 1060 g/mol. The van der Waals surface area contributed by atoms with E-state index in [9.17, 15) is 31.2 Å². The molecule has 0 saturated carbocycles. The van der Waals surface area contributed by atoms with Crippen LogP contribution in [0.25, 0.3) is 55.2 Å². The molecule has 14 nitrogen and oxygen atoms in total. The molecule has 4 aromatic heterocycles. The summed E-state index contributed by atoms with van der Waals surface area (Å²) in [5.74, 6) is -1.18. The number of halogens is 3. The second-order valence-electron chi connectivity index (χ2n) is 20.7. The zero-order chi connectivity index (χ0) is 57.0. The molecule has 3 aliphatic rings. The summed E-state index contributed by atoms with van der Waals surface area (Å²) in [5, 5.41) is 14.9. The van der Waals surface area contributed by atoms with Crippen molar-refractivity contribution in [3.8, 4) is 33.4 Å². The van der Waals surface area contributed by atoms with E-state index in [0.717, 1.165) is 77.7 Å². The second kappa shape index (κ2) is 21.5. The molecule has 7 heterocycles.